The Bertz CT molecular complexity index is 384. The Labute approximate surface area is 98.2 Å². The normalized spacial score (nSPS) is 11.9. The van der Waals surface area contributed by atoms with Gasteiger partial charge in [-0.1, -0.05) is 11.6 Å². The lowest BCUT2D eigenvalue weighted by atomic mass is 10.2. The Morgan fingerprint density at radius 2 is 2.38 bits per heavy atom. The summed E-state index contributed by atoms with van der Waals surface area (Å²) in [4.78, 5) is 10.5. The first-order valence-corrected chi connectivity index (χ1v) is 4.98. The Kier molecular flexibility index (Phi) is 4.39. The minimum absolute atomic E-state index is 0.139. The molecule has 1 rings (SSSR count). The summed E-state index contributed by atoms with van der Waals surface area (Å²) in [6, 6.07) is 4.12. The van der Waals surface area contributed by atoms with Crippen LogP contribution in [0, 0.1) is 0 Å². The van der Waals surface area contributed by atoms with Gasteiger partial charge in [-0.2, -0.15) is 0 Å². The molecule has 0 aliphatic rings. The lowest BCUT2D eigenvalue weighted by molar-refractivity contribution is -0.138. The number of nitrogens with one attached hydrogen (secondary N) is 1. The number of carboxylic acid groups (broad SMARTS) is 1. The molecule has 0 heterocycles. The van der Waals surface area contributed by atoms with Crippen LogP contribution in [0.25, 0.3) is 0 Å². The van der Waals surface area contributed by atoms with E-state index in [4.69, 9.17) is 27.2 Å². The Morgan fingerprint density at radius 1 is 1.69 bits per heavy atom. The molecule has 1 unspecified atom stereocenters. The van der Waals surface area contributed by atoms with E-state index in [1.165, 1.54) is 7.11 Å². The number of aliphatic carboxylic acids is 1. The van der Waals surface area contributed by atoms with Gasteiger partial charge in [0.25, 0.3) is 0 Å². The SMILES string of the molecule is COc1cc(NCC(N)C(=O)O)ccc1Cl. The number of carboxylic acids is 1. The van der Waals surface area contributed by atoms with Gasteiger partial charge in [0, 0.05) is 18.3 Å². The second-order valence-corrected chi connectivity index (χ2v) is 3.58. The molecule has 16 heavy (non-hydrogen) atoms. The molecule has 1 atom stereocenters. The molecule has 6 heteroatoms. The van der Waals surface area contributed by atoms with Crippen LogP contribution in [0.3, 0.4) is 0 Å². The van der Waals surface area contributed by atoms with Gasteiger partial charge in [0.2, 0.25) is 0 Å². The number of rotatable bonds is 5. The van der Waals surface area contributed by atoms with Gasteiger partial charge in [0.05, 0.1) is 12.1 Å². The minimum Gasteiger partial charge on any atom is -0.495 e. The van der Waals surface area contributed by atoms with Crippen molar-refractivity contribution in [1.82, 2.24) is 0 Å². The van der Waals surface area contributed by atoms with Crippen LogP contribution >= 0.6 is 11.6 Å². The van der Waals surface area contributed by atoms with Crippen LogP contribution in [0.1, 0.15) is 0 Å². The number of nitrogens with two attached hydrogens (primary N) is 1. The minimum atomic E-state index is -1.05. The Morgan fingerprint density at radius 3 is 2.94 bits per heavy atom. The van der Waals surface area contributed by atoms with Crippen molar-refractivity contribution < 1.29 is 14.6 Å². The maximum absolute atomic E-state index is 10.5. The van der Waals surface area contributed by atoms with Crippen molar-refractivity contribution in [2.24, 2.45) is 5.73 Å². The van der Waals surface area contributed by atoms with E-state index in [9.17, 15) is 4.79 Å². The van der Waals surface area contributed by atoms with Crippen molar-refractivity contribution in [2.45, 2.75) is 6.04 Å². The molecule has 1 aromatic rings. The summed E-state index contributed by atoms with van der Waals surface area (Å²) < 4.78 is 5.02. The monoisotopic (exact) mass is 244 g/mol. The number of hydrogen-bond acceptors (Lipinski definition) is 4. The molecular formula is C10H13ClN2O3. The molecule has 0 saturated carbocycles. The molecule has 0 aliphatic carbocycles. The fraction of sp³-hybridized carbons (Fsp3) is 0.300. The summed E-state index contributed by atoms with van der Waals surface area (Å²) in [6.45, 7) is 0.139. The smallest absolute Gasteiger partial charge is 0.322 e. The van der Waals surface area contributed by atoms with Gasteiger partial charge >= 0.3 is 5.97 Å². The molecule has 0 aliphatic heterocycles. The summed E-state index contributed by atoms with van der Waals surface area (Å²) in [7, 11) is 1.51. The van der Waals surface area contributed by atoms with E-state index in [-0.39, 0.29) is 6.54 Å². The molecule has 0 fully saturated rings. The first-order chi connectivity index (χ1) is 7.54. The summed E-state index contributed by atoms with van der Waals surface area (Å²) in [5.41, 5.74) is 6.05. The first kappa shape index (κ1) is 12.6. The molecule has 0 radical (unpaired) electrons. The third-order valence-corrected chi connectivity index (χ3v) is 2.31. The zero-order chi connectivity index (χ0) is 12.1. The van der Waals surface area contributed by atoms with E-state index >= 15 is 0 Å². The van der Waals surface area contributed by atoms with Crippen molar-refractivity contribution >= 4 is 23.3 Å². The molecular weight excluding hydrogens is 232 g/mol. The van der Waals surface area contributed by atoms with Gasteiger partial charge < -0.3 is 20.9 Å². The molecule has 4 N–H and O–H groups in total. The van der Waals surface area contributed by atoms with Crippen molar-refractivity contribution in [3.8, 4) is 5.75 Å². The highest BCUT2D eigenvalue weighted by Gasteiger charge is 2.10. The highest BCUT2D eigenvalue weighted by molar-refractivity contribution is 6.32. The van der Waals surface area contributed by atoms with Crippen LogP contribution < -0.4 is 15.8 Å². The number of ether oxygens (including phenoxy) is 1. The molecule has 5 nitrogen and oxygen atoms in total. The van der Waals surface area contributed by atoms with E-state index in [2.05, 4.69) is 5.32 Å². The maximum atomic E-state index is 10.5. The van der Waals surface area contributed by atoms with Crippen LogP contribution in [-0.2, 0) is 4.79 Å². The number of carbonyl (C=O) groups is 1. The van der Waals surface area contributed by atoms with Crippen LogP contribution in [0.2, 0.25) is 5.02 Å². The van der Waals surface area contributed by atoms with Gasteiger partial charge in [-0.25, -0.2) is 0 Å². The van der Waals surface area contributed by atoms with Gasteiger partial charge in [0.1, 0.15) is 11.8 Å². The molecule has 0 amide bonds. The average Bonchev–Trinajstić information content (AvgIpc) is 2.27. The largest absolute Gasteiger partial charge is 0.495 e. The van der Waals surface area contributed by atoms with Gasteiger partial charge in [-0.15, -0.1) is 0 Å². The van der Waals surface area contributed by atoms with Crippen molar-refractivity contribution in [3.63, 3.8) is 0 Å². The van der Waals surface area contributed by atoms with E-state index in [0.29, 0.717) is 16.5 Å². The standard InChI is InChI=1S/C10H13ClN2O3/c1-16-9-4-6(2-3-7(9)11)13-5-8(12)10(14)15/h2-4,8,13H,5,12H2,1H3,(H,14,15). The molecule has 88 valence electrons. The van der Waals surface area contributed by atoms with Crippen LogP contribution in [0.5, 0.6) is 5.75 Å². The second-order valence-electron chi connectivity index (χ2n) is 3.17. The number of methoxy groups -OCH3 is 1. The van der Waals surface area contributed by atoms with E-state index in [1.807, 2.05) is 0 Å². The number of benzene rings is 1. The van der Waals surface area contributed by atoms with E-state index in [0.717, 1.165) is 0 Å². The van der Waals surface area contributed by atoms with Crippen LogP contribution in [0.15, 0.2) is 18.2 Å². The maximum Gasteiger partial charge on any atom is 0.322 e. The van der Waals surface area contributed by atoms with E-state index in [1.54, 1.807) is 18.2 Å². The highest BCUT2D eigenvalue weighted by Crippen LogP contribution is 2.27. The van der Waals surface area contributed by atoms with Crippen LogP contribution in [0.4, 0.5) is 5.69 Å². The van der Waals surface area contributed by atoms with Crippen LogP contribution in [-0.4, -0.2) is 30.8 Å². The van der Waals surface area contributed by atoms with Gasteiger partial charge in [0.15, 0.2) is 0 Å². The number of anilines is 1. The van der Waals surface area contributed by atoms with E-state index < -0.39 is 12.0 Å². The quantitative estimate of drug-likeness (QED) is 0.724. The summed E-state index contributed by atoms with van der Waals surface area (Å²) in [6.07, 6.45) is 0. The lowest BCUT2D eigenvalue weighted by Crippen LogP contribution is -2.36. The molecule has 0 spiro atoms. The fourth-order valence-electron chi connectivity index (χ4n) is 1.08. The fourth-order valence-corrected chi connectivity index (χ4v) is 1.28. The predicted octanol–water partition coefficient (Wildman–Crippen LogP) is 1.17. The number of halogens is 1. The molecule has 0 aromatic heterocycles. The second kappa shape index (κ2) is 5.58. The highest BCUT2D eigenvalue weighted by atomic mass is 35.5. The number of hydrogen-bond donors (Lipinski definition) is 3. The summed E-state index contributed by atoms with van der Waals surface area (Å²) in [5.74, 6) is -0.524. The predicted molar refractivity (Wildman–Crippen MR) is 62.1 cm³/mol. The lowest BCUT2D eigenvalue weighted by Gasteiger charge is -2.11. The zero-order valence-electron chi connectivity index (χ0n) is 8.74. The van der Waals surface area contributed by atoms with Crippen molar-refractivity contribution in [2.75, 3.05) is 19.0 Å². The average molecular weight is 245 g/mol. The summed E-state index contributed by atoms with van der Waals surface area (Å²) in [5, 5.41) is 12.0. The summed E-state index contributed by atoms with van der Waals surface area (Å²) >= 11 is 5.84. The molecule has 0 saturated heterocycles. The Hall–Kier alpha value is -1.46. The van der Waals surface area contributed by atoms with Gasteiger partial charge in [-0.3, -0.25) is 4.79 Å². The first-order valence-electron chi connectivity index (χ1n) is 4.60. The van der Waals surface area contributed by atoms with Crippen molar-refractivity contribution in [3.05, 3.63) is 23.2 Å². The molecule has 1 aromatic carbocycles. The third-order valence-electron chi connectivity index (χ3n) is 1.99. The van der Waals surface area contributed by atoms with Crippen molar-refractivity contribution in [1.29, 1.82) is 0 Å². The third kappa shape index (κ3) is 3.29. The zero-order valence-corrected chi connectivity index (χ0v) is 9.49. The molecule has 0 bridgehead atoms. The van der Waals surface area contributed by atoms with Gasteiger partial charge in [-0.05, 0) is 12.1 Å². The topological polar surface area (TPSA) is 84.6 Å². The Balaban J connectivity index is 2.64.